The maximum Gasteiger partial charge on any atom is 0.408 e. The summed E-state index contributed by atoms with van der Waals surface area (Å²) >= 11 is 6.29. The van der Waals surface area contributed by atoms with Gasteiger partial charge in [-0.05, 0) is 36.5 Å². The van der Waals surface area contributed by atoms with Crippen LogP contribution in [-0.4, -0.2) is 29.4 Å². The van der Waals surface area contributed by atoms with Gasteiger partial charge in [-0.15, -0.1) is 0 Å². The molecule has 0 radical (unpaired) electrons. The van der Waals surface area contributed by atoms with E-state index in [0.717, 1.165) is 0 Å². The molecular weight excluding hydrogens is 475 g/mol. The third kappa shape index (κ3) is 5.20. The Balaban J connectivity index is 1.89. The van der Waals surface area contributed by atoms with Gasteiger partial charge < -0.3 is 4.57 Å². The molecule has 0 amide bonds. The topological polar surface area (TPSA) is 64.0 Å². The Bertz CT molecular complexity index is 1290. The van der Waals surface area contributed by atoms with E-state index >= 15 is 0 Å². The zero-order valence-electron chi connectivity index (χ0n) is 18.4. The van der Waals surface area contributed by atoms with Crippen molar-refractivity contribution in [1.82, 2.24) is 14.3 Å². The molecule has 178 valence electrons. The molecule has 0 spiro atoms. The van der Waals surface area contributed by atoms with Crippen LogP contribution in [0.1, 0.15) is 45.2 Å². The molecule has 3 aromatic rings. The second-order valence-corrected chi connectivity index (χ2v) is 12.1. The maximum atomic E-state index is 14.1. The molecule has 1 N–H and O–H groups in total. The van der Waals surface area contributed by atoms with Gasteiger partial charge in [0.05, 0.1) is 16.0 Å². The van der Waals surface area contributed by atoms with Gasteiger partial charge in [0.2, 0.25) is 10.0 Å². The van der Waals surface area contributed by atoms with E-state index in [-0.39, 0.29) is 11.0 Å². The number of sulfonamides is 1. The number of fused-ring (bicyclic) bond motifs is 1. The lowest BCUT2D eigenvalue weighted by molar-refractivity contribution is -0.152. The molecule has 1 aliphatic carbocycles. The van der Waals surface area contributed by atoms with Gasteiger partial charge in [0, 0.05) is 41.0 Å². The highest BCUT2D eigenvalue weighted by Gasteiger charge is 2.47. The van der Waals surface area contributed by atoms with Crippen LogP contribution in [0, 0.1) is 5.41 Å². The first-order valence-electron chi connectivity index (χ1n) is 10.6. The van der Waals surface area contributed by atoms with Crippen LogP contribution >= 0.6 is 11.6 Å². The zero-order chi connectivity index (χ0) is 24.2. The summed E-state index contributed by atoms with van der Waals surface area (Å²) in [5.74, 6) is 0. The second kappa shape index (κ2) is 8.29. The molecule has 1 saturated carbocycles. The molecule has 0 bridgehead atoms. The van der Waals surface area contributed by atoms with Gasteiger partial charge >= 0.3 is 6.18 Å². The van der Waals surface area contributed by atoms with Crippen molar-refractivity contribution in [1.29, 1.82) is 0 Å². The third-order valence-electron chi connectivity index (χ3n) is 5.47. The van der Waals surface area contributed by atoms with Crippen molar-refractivity contribution in [3.05, 3.63) is 53.3 Å². The van der Waals surface area contributed by atoms with E-state index < -0.39 is 27.5 Å². The standard InChI is InChI=1S/C23H25ClF3N3O2S/c1-22(2,3)13-30-12-17(21(23(25,26)27)29-33(31,32)15-7-8-15)16-9-6-14(11-19(16)30)20-18(24)5-4-10-28-20/h4-6,9-12,15,21,29H,7-8,13H2,1-3H3. The molecule has 4 rings (SSSR count). The minimum atomic E-state index is -4.80. The summed E-state index contributed by atoms with van der Waals surface area (Å²) < 4.78 is 70.9. The molecule has 1 unspecified atom stereocenters. The minimum absolute atomic E-state index is 0.121. The first-order valence-corrected chi connectivity index (χ1v) is 12.5. The predicted molar refractivity (Wildman–Crippen MR) is 124 cm³/mol. The lowest BCUT2D eigenvalue weighted by Crippen LogP contribution is -2.39. The highest BCUT2D eigenvalue weighted by atomic mass is 35.5. The van der Waals surface area contributed by atoms with Crippen molar-refractivity contribution in [3.63, 3.8) is 0 Å². The largest absolute Gasteiger partial charge is 0.408 e. The van der Waals surface area contributed by atoms with E-state index in [1.807, 2.05) is 25.5 Å². The van der Waals surface area contributed by atoms with Crippen molar-refractivity contribution in [3.8, 4) is 11.3 Å². The second-order valence-electron chi connectivity index (χ2n) is 9.68. The smallest absolute Gasteiger partial charge is 0.347 e. The quantitative estimate of drug-likeness (QED) is 0.446. The fourth-order valence-corrected chi connectivity index (χ4v) is 5.65. The van der Waals surface area contributed by atoms with Crippen LogP contribution in [0.2, 0.25) is 5.02 Å². The van der Waals surface area contributed by atoms with Crippen LogP contribution in [0.15, 0.2) is 42.7 Å². The molecule has 1 atom stereocenters. The average Bonchev–Trinajstić information content (AvgIpc) is 3.50. The fraction of sp³-hybridized carbons (Fsp3) is 0.435. The van der Waals surface area contributed by atoms with E-state index in [1.54, 1.807) is 41.1 Å². The summed E-state index contributed by atoms with van der Waals surface area (Å²) in [6.45, 7) is 6.38. The first kappa shape index (κ1) is 24.0. The maximum absolute atomic E-state index is 14.1. The fourth-order valence-electron chi connectivity index (χ4n) is 3.88. The number of alkyl halides is 3. The minimum Gasteiger partial charge on any atom is -0.347 e. The van der Waals surface area contributed by atoms with Gasteiger partial charge in [0.1, 0.15) is 6.04 Å². The summed E-state index contributed by atoms with van der Waals surface area (Å²) in [6.07, 6.45) is -1.05. The SMILES string of the molecule is CC(C)(C)Cn1cc(C(NS(=O)(=O)C2CC2)C(F)(F)F)c2ccc(-c3ncccc3Cl)cc21. The number of benzene rings is 1. The molecule has 2 heterocycles. The molecule has 0 aliphatic heterocycles. The van der Waals surface area contributed by atoms with Crippen molar-refractivity contribution >= 4 is 32.5 Å². The summed E-state index contributed by atoms with van der Waals surface area (Å²) in [4.78, 5) is 4.30. The van der Waals surface area contributed by atoms with Crippen molar-refractivity contribution in [2.75, 3.05) is 0 Å². The van der Waals surface area contributed by atoms with Gasteiger partial charge in [-0.25, -0.2) is 8.42 Å². The van der Waals surface area contributed by atoms with E-state index in [2.05, 4.69) is 4.98 Å². The van der Waals surface area contributed by atoms with Gasteiger partial charge in [-0.1, -0.05) is 44.5 Å². The van der Waals surface area contributed by atoms with Crippen LogP contribution in [0.5, 0.6) is 0 Å². The van der Waals surface area contributed by atoms with Crippen molar-refractivity contribution < 1.29 is 21.6 Å². The summed E-state index contributed by atoms with van der Waals surface area (Å²) in [5, 5.41) is -0.00425. The van der Waals surface area contributed by atoms with E-state index in [1.165, 1.54) is 6.20 Å². The molecule has 1 aromatic carbocycles. The normalized spacial score (nSPS) is 16.3. The number of hydrogen-bond donors (Lipinski definition) is 1. The molecule has 5 nitrogen and oxygen atoms in total. The van der Waals surface area contributed by atoms with E-state index in [0.29, 0.717) is 46.6 Å². The summed E-state index contributed by atoms with van der Waals surface area (Å²) in [7, 11) is -4.08. The number of halogens is 4. The molecule has 33 heavy (non-hydrogen) atoms. The highest BCUT2D eigenvalue weighted by Crippen LogP contribution is 2.41. The zero-order valence-corrected chi connectivity index (χ0v) is 20.0. The lowest BCUT2D eigenvalue weighted by Gasteiger charge is -2.22. The molecule has 10 heteroatoms. The molecular formula is C23H25ClF3N3O2S. The Hall–Kier alpha value is -2.10. The lowest BCUT2D eigenvalue weighted by atomic mass is 9.97. The predicted octanol–water partition coefficient (Wildman–Crippen LogP) is 6.09. The number of nitrogens with one attached hydrogen (secondary N) is 1. The molecule has 1 aliphatic rings. The van der Waals surface area contributed by atoms with Gasteiger partial charge in [-0.3, -0.25) is 4.98 Å². The number of rotatable bonds is 6. The average molecular weight is 500 g/mol. The Labute approximate surface area is 196 Å². The number of pyridine rings is 1. The highest BCUT2D eigenvalue weighted by molar-refractivity contribution is 7.90. The molecule has 0 saturated heterocycles. The van der Waals surface area contributed by atoms with Gasteiger partial charge in [-0.2, -0.15) is 17.9 Å². The van der Waals surface area contributed by atoms with Gasteiger partial charge in [0.15, 0.2) is 0 Å². The van der Waals surface area contributed by atoms with Crippen LogP contribution in [0.25, 0.3) is 22.2 Å². The monoisotopic (exact) mass is 499 g/mol. The van der Waals surface area contributed by atoms with Crippen LogP contribution < -0.4 is 4.72 Å². The van der Waals surface area contributed by atoms with Crippen LogP contribution in [-0.2, 0) is 16.6 Å². The summed E-state index contributed by atoms with van der Waals surface area (Å²) in [5.41, 5.74) is 1.38. The van der Waals surface area contributed by atoms with Crippen molar-refractivity contribution in [2.45, 2.75) is 57.6 Å². The Morgan fingerprint density at radius 3 is 2.48 bits per heavy atom. The van der Waals surface area contributed by atoms with Crippen LogP contribution in [0.4, 0.5) is 13.2 Å². The number of nitrogens with zero attached hydrogens (tertiary/aromatic N) is 2. The number of aromatic nitrogens is 2. The van der Waals surface area contributed by atoms with Crippen molar-refractivity contribution in [2.24, 2.45) is 5.41 Å². The Morgan fingerprint density at radius 2 is 1.91 bits per heavy atom. The third-order valence-corrected chi connectivity index (χ3v) is 7.69. The molecule has 2 aromatic heterocycles. The number of hydrogen-bond acceptors (Lipinski definition) is 3. The Kier molecular flexibility index (Phi) is 6.04. The van der Waals surface area contributed by atoms with E-state index in [9.17, 15) is 21.6 Å². The molecule has 1 fully saturated rings. The Morgan fingerprint density at radius 1 is 1.21 bits per heavy atom. The van der Waals surface area contributed by atoms with Gasteiger partial charge in [0.25, 0.3) is 0 Å². The first-order chi connectivity index (χ1) is 15.3. The van der Waals surface area contributed by atoms with Crippen LogP contribution in [0.3, 0.4) is 0 Å². The van der Waals surface area contributed by atoms with E-state index in [4.69, 9.17) is 11.6 Å². The summed E-state index contributed by atoms with van der Waals surface area (Å²) in [6, 6.07) is 6.04.